The van der Waals surface area contributed by atoms with Gasteiger partial charge in [-0.3, -0.25) is 0 Å². The van der Waals surface area contributed by atoms with E-state index in [0.717, 1.165) is 11.1 Å². The van der Waals surface area contributed by atoms with Crippen LogP contribution in [-0.4, -0.2) is 20.8 Å². The Hall–Kier alpha value is -1.39. The Bertz CT molecular complexity index is 499. The van der Waals surface area contributed by atoms with Crippen LogP contribution in [0.3, 0.4) is 0 Å². The predicted molar refractivity (Wildman–Crippen MR) is 56.3 cm³/mol. The van der Waals surface area contributed by atoms with Crippen LogP contribution < -0.4 is 5.73 Å². The van der Waals surface area contributed by atoms with Gasteiger partial charge in [-0.15, -0.1) is 0 Å². The summed E-state index contributed by atoms with van der Waals surface area (Å²) in [6, 6.07) is 5.91. The van der Waals surface area contributed by atoms with Crippen molar-refractivity contribution >= 4 is 5.52 Å². The van der Waals surface area contributed by atoms with Crippen LogP contribution in [-0.2, 0) is 5.54 Å². The zero-order valence-corrected chi connectivity index (χ0v) is 8.30. The molecule has 0 unspecified atom stereocenters. The second-order valence-corrected chi connectivity index (χ2v) is 4.31. The summed E-state index contributed by atoms with van der Waals surface area (Å²) in [5.74, 6) is 0. The fourth-order valence-electron chi connectivity index (χ4n) is 2.32. The molecule has 2 aromatic rings. The number of fused-ring (bicyclic) bond motifs is 1. The molecule has 3 N–H and O–H groups in total. The number of nitrogens with zero attached hydrogens (tertiary/aromatic N) is 2. The molecule has 4 heteroatoms. The summed E-state index contributed by atoms with van der Waals surface area (Å²) >= 11 is 0. The molecule has 0 aromatic carbocycles. The summed E-state index contributed by atoms with van der Waals surface area (Å²) in [5, 5.41) is 13.6. The molecule has 15 heavy (non-hydrogen) atoms. The second-order valence-electron chi connectivity index (χ2n) is 4.31. The zero-order chi connectivity index (χ0) is 10.5. The summed E-state index contributed by atoms with van der Waals surface area (Å²) in [4.78, 5) is 0. The van der Waals surface area contributed by atoms with E-state index < -0.39 is 0 Å². The van der Waals surface area contributed by atoms with Gasteiger partial charge in [-0.2, -0.15) is 5.10 Å². The number of hydrogen-bond donors (Lipinski definition) is 2. The molecule has 2 heterocycles. The van der Waals surface area contributed by atoms with Crippen LogP contribution in [0.1, 0.15) is 18.4 Å². The highest BCUT2D eigenvalue weighted by molar-refractivity contribution is 5.57. The number of rotatable bonds is 1. The third-order valence-electron chi connectivity index (χ3n) is 3.16. The SMILES string of the molecule is NC1(c2cnn3ccccc23)CC(O)C1. The van der Waals surface area contributed by atoms with Crippen LogP contribution in [0.2, 0.25) is 0 Å². The van der Waals surface area contributed by atoms with Gasteiger partial charge in [0.25, 0.3) is 0 Å². The highest BCUT2D eigenvalue weighted by atomic mass is 16.3. The van der Waals surface area contributed by atoms with Gasteiger partial charge in [0.1, 0.15) is 0 Å². The Morgan fingerprint density at radius 2 is 2.27 bits per heavy atom. The highest BCUT2D eigenvalue weighted by Crippen LogP contribution is 2.40. The molecular formula is C11H13N3O. The average Bonchev–Trinajstić information content (AvgIpc) is 2.59. The smallest absolute Gasteiger partial charge is 0.0712 e. The van der Waals surface area contributed by atoms with E-state index in [1.165, 1.54) is 0 Å². The number of aliphatic hydroxyl groups excluding tert-OH is 1. The molecular weight excluding hydrogens is 190 g/mol. The number of nitrogens with two attached hydrogens (primary N) is 1. The van der Waals surface area contributed by atoms with Gasteiger partial charge in [0, 0.05) is 17.3 Å². The number of pyridine rings is 1. The summed E-state index contributed by atoms with van der Waals surface area (Å²) < 4.78 is 1.81. The maximum atomic E-state index is 9.35. The molecule has 0 atom stereocenters. The fourth-order valence-corrected chi connectivity index (χ4v) is 2.32. The van der Waals surface area contributed by atoms with Gasteiger partial charge in [-0.25, -0.2) is 4.52 Å². The molecule has 0 radical (unpaired) electrons. The third kappa shape index (κ3) is 1.19. The van der Waals surface area contributed by atoms with E-state index in [0.29, 0.717) is 12.8 Å². The van der Waals surface area contributed by atoms with Gasteiger partial charge in [0.05, 0.1) is 17.8 Å². The molecule has 78 valence electrons. The standard InChI is InChI=1S/C11H13N3O/c12-11(5-8(15)6-11)9-7-13-14-4-2-1-3-10(9)14/h1-4,7-8,15H,5-6,12H2. The molecule has 1 aliphatic rings. The van der Waals surface area contributed by atoms with Crippen molar-refractivity contribution in [1.82, 2.24) is 9.61 Å². The minimum Gasteiger partial charge on any atom is -0.393 e. The van der Waals surface area contributed by atoms with Gasteiger partial charge >= 0.3 is 0 Å². The maximum absolute atomic E-state index is 9.35. The van der Waals surface area contributed by atoms with Crippen LogP contribution >= 0.6 is 0 Å². The molecule has 0 amide bonds. The predicted octanol–water partition coefficient (Wildman–Crippen LogP) is 0.643. The van der Waals surface area contributed by atoms with Crippen molar-refractivity contribution in [1.29, 1.82) is 0 Å². The summed E-state index contributed by atoms with van der Waals surface area (Å²) in [6.07, 6.45) is 4.71. The first kappa shape index (κ1) is 8.88. The van der Waals surface area contributed by atoms with E-state index in [9.17, 15) is 5.11 Å². The van der Waals surface area contributed by atoms with Crippen molar-refractivity contribution in [2.45, 2.75) is 24.5 Å². The summed E-state index contributed by atoms with van der Waals surface area (Å²) in [6.45, 7) is 0. The van der Waals surface area contributed by atoms with Crippen molar-refractivity contribution < 1.29 is 5.11 Å². The Kier molecular flexibility index (Phi) is 1.66. The maximum Gasteiger partial charge on any atom is 0.0712 e. The molecule has 0 saturated heterocycles. The van der Waals surface area contributed by atoms with Crippen LogP contribution in [0.4, 0.5) is 0 Å². The Labute approximate surface area is 87.3 Å². The first-order chi connectivity index (χ1) is 7.19. The first-order valence-electron chi connectivity index (χ1n) is 5.09. The normalized spacial score (nSPS) is 30.4. The summed E-state index contributed by atoms with van der Waals surface area (Å²) in [5.41, 5.74) is 7.90. The lowest BCUT2D eigenvalue weighted by Gasteiger charge is -2.41. The Balaban J connectivity index is 2.12. The number of hydrogen-bond acceptors (Lipinski definition) is 3. The lowest BCUT2D eigenvalue weighted by atomic mass is 9.71. The molecule has 1 aliphatic carbocycles. The highest BCUT2D eigenvalue weighted by Gasteiger charge is 2.43. The number of aliphatic hydroxyl groups is 1. The van der Waals surface area contributed by atoms with Crippen LogP contribution in [0.5, 0.6) is 0 Å². The van der Waals surface area contributed by atoms with Crippen molar-refractivity contribution in [2.75, 3.05) is 0 Å². The lowest BCUT2D eigenvalue weighted by Crippen LogP contribution is -2.51. The largest absolute Gasteiger partial charge is 0.393 e. The van der Waals surface area contributed by atoms with Crippen molar-refractivity contribution in [3.05, 3.63) is 36.2 Å². The quantitative estimate of drug-likeness (QED) is 0.715. The molecule has 1 saturated carbocycles. The van der Waals surface area contributed by atoms with Gasteiger partial charge in [0.2, 0.25) is 0 Å². The fraction of sp³-hybridized carbons (Fsp3) is 0.364. The molecule has 0 bridgehead atoms. The van der Waals surface area contributed by atoms with E-state index in [1.54, 1.807) is 6.20 Å². The lowest BCUT2D eigenvalue weighted by molar-refractivity contribution is 0.0216. The topological polar surface area (TPSA) is 63.5 Å². The Morgan fingerprint density at radius 3 is 3.00 bits per heavy atom. The van der Waals surface area contributed by atoms with Gasteiger partial charge in [-0.1, -0.05) is 6.07 Å². The van der Waals surface area contributed by atoms with E-state index in [4.69, 9.17) is 5.73 Å². The molecule has 4 nitrogen and oxygen atoms in total. The van der Waals surface area contributed by atoms with Crippen LogP contribution in [0, 0.1) is 0 Å². The third-order valence-corrected chi connectivity index (χ3v) is 3.16. The molecule has 0 spiro atoms. The van der Waals surface area contributed by atoms with Crippen LogP contribution in [0.25, 0.3) is 5.52 Å². The van der Waals surface area contributed by atoms with Gasteiger partial charge < -0.3 is 10.8 Å². The molecule has 2 aromatic heterocycles. The summed E-state index contributed by atoms with van der Waals surface area (Å²) in [7, 11) is 0. The minimum absolute atomic E-state index is 0.256. The van der Waals surface area contributed by atoms with Crippen LogP contribution in [0.15, 0.2) is 30.6 Å². The van der Waals surface area contributed by atoms with E-state index in [-0.39, 0.29) is 11.6 Å². The minimum atomic E-state index is -0.386. The Morgan fingerprint density at radius 1 is 1.47 bits per heavy atom. The van der Waals surface area contributed by atoms with Crippen molar-refractivity contribution in [3.63, 3.8) is 0 Å². The van der Waals surface area contributed by atoms with Crippen molar-refractivity contribution in [2.24, 2.45) is 5.73 Å². The zero-order valence-electron chi connectivity index (χ0n) is 8.30. The van der Waals surface area contributed by atoms with E-state index >= 15 is 0 Å². The van der Waals surface area contributed by atoms with E-state index in [2.05, 4.69) is 5.10 Å². The molecule has 1 fully saturated rings. The molecule has 3 rings (SSSR count). The number of aromatic nitrogens is 2. The van der Waals surface area contributed by atoms with Crippen molar-refractivity contribution in [3.8, 4) is 0 Å². The van der Waals surface area contributed by atoms with Gasteiger partial charge in [0.15, 0.2) is 0 Å². The molecule has 0 aliphatic heterocycles. The second kappa shape index (κ2) is 2.81. The first-order valence-corrected chi connectivity index (χ1v) is 5.09. The van der Waals surface area contributed by atoms with E-state index in [1.807, 2.05) is 28.9 Å². The van der Waals surface area contributed by atoms with Gasteiger partial charge in [-0.05, 0) is 25.0 Å². The monoisotopic (exact) mass is 203 g/mol. The average molecular weight is 203 g/mol.